The van der Waals surface area contributed by atoms with Crippen LogP contribution < -0.4 is 14.8 Å². The summed E-state index contributed by atoms with van der Waals surface area (Å²) in [5.74, 6) is -0.725. The monoisotopic (exact) mass is 397 g/mol. The van der Waals surface area contributed by atoms with Crippen molar-refractivity contribution in [3.05, 3.63) is 53.6 Å². The smallest absolute Gasteiger partial charge is 0.348 e. The quantitative estimate of drug-likeness (QED) is 0.789. The van der Waals surface area contributed by atoms with Crippen molar-refractivity contribution in [1.82, 2.24) is 0 Å². The number of esters is 2. The third-order valence-corrected chi connectivity index (χ3v) is 4.63. The van der Waals surface area contributed by atoms with Crippen LogP contribution in [0.25, 0.3) is 0 Å². The zero-order valence-corrected chi connectivity index (χ0v) is 15.7. The van der Waals surface area contributed by atoms with E-state index in [2.05, 4.69) is 5.32 Å². The van der Waals surface area contributed by atoms with Gasteiger partial charge in [0, 0.05) is 18.2 Å². The number of benzene rings is 2. The molecule has 2 aromatic rings. The maximum atomic E-state index is 12.4. The molecule has 8 heteroatoms. The van der Waals surface area contributed by atoms with Gasteiger partial charge in [-0.15, -0.1) is 0 Å². The van der Waals surface area contributed by atoms with Crippen LogP contribution in [-0.2, 0) is 25.5 Å². The molecule has 0 unspecified atom stereocenters. The standard InChI is InChI=1S/C21H19NO7/c1-12(19(23)22-14-6-7-16-17(11-14)27-9-8-26-16)28-21(25)18-10-13-4-2-3-5-15(13)20(24)29-18/h2-7,11-12,18H,8-10H2,1H3,(H,22,23)/t12-,18+/m1/s1. The van der Waals surface area contributed by atoms with Crippen LogP contribution >= 0.6 is 0 Å². The minimum absolute atomic E-state index is 0.206. The van der Waals surface area contributed by atoms with Crippen LogP contribution in [0.4, 0.5) is 5.69 Å². The lowest BCUT2D eigenvalue weighted by molar-refractivity contribution is -0.162. The summed E-state index contributed by atoms with van der Waals surface area (Å²) in [7, 11) is 0. The van der Waals surface area contributed by atoms with Crippen LogP contribution in [0, 0.1) is 0 Å². The van der Waals surface area contributed by atoms with E-state index in [1.165, 1.54) is 6.92 Å². The molecular weight excluding hydrogens is 378 g/mol. The predicted octanol–water partition coefficient (Wildman–Crippen LogP) is 2.11. The molecule has 2 heterocycles. The number of carbonyl (C=O) groups is 3. The van der Waals surface area contributed by atoms with Crippen LogP contribution in [0.3, 0.4) is 0 Å². The number of hydrogen-bond donors (Lipinski definition) is 1. The average molecular weight is 397 g/mol. The number of cyclic esters (lactones) is 1. The van der Waals surface area contributed by atoms with Crippen molar-refractivity contribution in [1.29, 1.82) is 0 Å². The topological polar surface area (TPSA) is 100 Å². The second-order valence-electron chi connectivity index (χ2n) is 6.68. The molecule has 0 saturated heterocycles. The first-order valence-corrected chi connectivity index (χ1v) is 9.21. The van der Waals surface area contributed by atoms with E-state index in [1.54, 1.807) is 42.5 Å². The number of hydrogen-bond acceptors (Lipinski definition) is 7. The highest BCUT2D eigenvalue weighted by molar-refractivity contribution is 5.97. The van der Waals surface area contributed by atoms with Gasteiger partial charge in [-0.1, -0.05) is 18.2 Å². The van der Waals surface area contributed by atoms with E-state index in [4.69, 9.17) is 18.9 Å². The number of fused-ring (bicyclic) bond motifs is 2. The Balaban J connectivity index is 1.36. The van der Waals surface area contributed by atoms with E-state index in [9.17, 15) is 14.4 Å². The Hall–Kier alpha value is -3.55. The molecule has 0 spiro atoms. The van der Waals surface area contributed by atoms with Gasteiger partial charge in [-0.3, -0.25) is 4.79 Å². The molecule has 2 aliphatic heterocycles. The predicted molar refractivity (Wildman–Crippen MR) is 101 cm³/mol. The van der Waals surface area contributed by atoms with Crippen LogP contribution in [-0.4, -0.2) is 43.3 Å². The molecule has 1 N–H and O–H groups in total. The van der Waals surface area contributed by atoms with Crippen molar-refractivity contribution in [2.24, 2.45) is 0 Å². The van der Waals surface area contributed by atoms with Crippen LogP contribution in [0.1, 0.15) is 22.8 Å². The summed E-state index contributed by atoms with van der Waals surface area (Å²) >= 11 is 0. The zero-order valence-electron chi connectivity index (χ0n) is 15.7. The number of carbonyl (C=O) groups excluding carboxylic acids is 3. The third-order valence-electron chi connectivity index (χ3n) is 4.63. The minimum Gasteiger partial charge on any atom is -0.486 e. The Morgan fingerprint density at radius 3 is 2.69 bits per heavy atom. The van der Waals surface area contributed by atoms with E-state index in [1.807, 2.05) is 0 Å². The summed E-state index contributed by atoms with van der Waals surface area (Å²) in [5.41, 5.74) is 1.63. The molecule has 4 rings (SSSR count). The molecule has 1 amide bonds. The number of nitrogens with one attached hydrogen (secondary N) is 1. The van der Waals surface area contributed by atoms with Crippen molar-refractivity contribution in [2.45, 2.75) is 25.6 Å². The van der Waals surface area contributed by atoms with E-state index >= 15 is 0 Å². The number of rotatable bonds is 4. The van der Waals surface area contributed by atoms with Crippen molar-refractivity contribution >= 4 is 23.5 Å². The first-order valence-electron chi connectivity index (χ1n) is 9.21. The molecule has 0 aliphatic carbocycles. The molecule has 2 aromatic carbocycles. The second kappa shape index (κ2) is 7.83. The first kappa shape index (κ1) is 18.8. The highest BCUT2D eigenvalue weighted by Crippen LogP contribution is 2.32. The van der Waals surface area contributed by atoms with Crippen LogP contribution in [0.15, 0.2) is 42.5 Å². The van der Waals surface area contributed by atoms with Crippen molar-refractivity contribution in [3.8, 4) is 11.5 Å². The minimum atomic E-state index is -1.08. The van der Waals surface area contributed by atoms with Crippen molar-refractivity contribution in [3.63, 3.8) is 0 Å². The van der Waals surface area contributed by atoms with E-state index in [0.29, 0.717) is 41.5 Å². The summed E-state index contributed by atoms with van der Waals surface area (Å²) in [5, 5.41) is 2.67. The molecule has 2 atom stereocenters. The molecule has 0 radical (unpaired) electrons. The van der Waals surface area contributed by atoms with Crippen LogP contribution in [0.5, 0.6) is 11.5 Å². The molecule has 150 valence electrons. The summed E-state index contributed by atoms with van der Waals surface area (Å²) in [6.07, 6.45) is -1.95. The lowest BCUT2D eigenvalue weighted by atomic mass is 9.99. The SMILES string of the molecule is C[C@@H](OC(=O)[C@@H]1Cc2ccccc2C(=O)O1)C(=O)Nc1ccc2c(c1)OCCO2. The maximum Gasteiger partial charge on any atom is 0.348 e. The average Bonchev–Trinajstić information content (AvgIpc) is 2.73. The fourth-order valence-electron chi connectivity index (χ4n) is 3.13. The number of anilines is 1. The van der Waals surface area contributed by atoms with Gasteiger partial charge in [0.05, 0.1) is 5.56 Å². The normalized spacial score (nSPS) is 18.1. The third kappa shape index (κ3) is 4.01. The number of ether oxygens (including phenoxy) is 4. The Bertz CT molecular complexity index is 971. The molecule has 0 bridgehead atoms. The molecule has 8 nitrogen and oxygen atoms in total. The van der Waals surface area contributed by atoms with Gasteiger partial charge in [0.1, 0.15) is 13.2 Å². The van der Waals surface area contributed by atoms with Crippen molar-refractivity contribution in [2.75, 3.05) is 18.5 Å². The van der Waals surface area contributed by atoms with Gasteiger partial charge >= 0.3 is 11.9 Å². The van der Waals surface area contributed by atoms with Gasteiger partial charge in [0.2, 0.25) is 6.10 Å². The molecule has 2 aliphatic rings. The van der Waals surface area contributed by atoms with Gasteiger partial charge in [-0.05, 0) is 30.7 Å². The van der Waals surface area contributed by atoms with E-state index in [-0.39, 0.29) is 6.42 Å². The Labute approximate surface area is 166 Å². The lowest BCUT2D eigenvalue weighted by Gasteiger charge is -2.24. The largest absolute Gasteiger partial charge is 0.486 e. The summed E-state index contributed by atoms with van der Waals surface area (Å²) in [6, 6.07) is 11.9. The highest BCUT2D eigenvalue weighted by atomic mass is 16.6. The summed E-state index contributed by atoms with van der Waals surface area (Å²) in [6.45, 7) is 2.35. The maximum absolute atomic E-state index is 12.4. The fourth-order valence-corrected chi connectivity index (χ4v) is 3.13. The van der Waals surface area contributed by atoms with Gasteiger partial charge in [0.25, 0.3) is 5.91 Å². The zero-order chi connectivity index (χ0) is 20.4. The molecule has 0 fully saturated rings. The van der Waals surface area contributed by atoms with Gasteiger partial charge in [0.15, 0.2) is 17.6 Å². The highest BCUT2D eigenvalue weighted by Gasteiger charge is 2.34. The van der Waals surface area contributed by atoms with Crippen molar-refractivity contribution < 1.29 is 33.3 Å². The Kier molecular flexibility index (Phi) is 5.07. The molecular formula is C21H19NO7. The molecule has 0 aromatic heterocycles. The fraction of sp³-hybridized carbons (Fsp3) is 0.286. The van der Waals surface area contributed by atoms with E-state index < -0.39 is 30.1 Å². The van der Waals surface area contributed by atoms with Gasteiger partial charge in [-0.25, -0.2) is 9.59 Å². The summed E-state index contributed by atoms with van der Waals surface area (Å²) in [4.78, 5) is 36.8. The molecule has 0 saturated carbocycles. The lowest BCUT2D eigenvalue weighted by Crippen LogP contribution is -2.39. The second-order valence-corrected chi connectivity index (χ2v) is 6.68. The number of amides is 1. The Morgan fingerprint density at radius 2 is 1.86 bits per heavy atom. The van der Waals surface area contributed by atoms with Gasteiger partial charge < -0.3 is 24.3 Å². The Morgan fingerprint density at radius 1 is 1.10 bits per heavy atom. The van der Waals surface area contributed by atoms with E-state index in [0.717, 1.165) is 0 Å². The summed E-state index contributed by atoms with van der Waals surface area (Å²) < 4.78 is 21.3. The van der Waals surface area contributed by atoms with Gasteiger partial charge in [-0.2, -0.15) is 0 Å². The first-order chi connectivity index (χ1) is 14.0. The van der Waals surface area contributed by atoms with Crippen LogP contribution in [0.2, 0.25) is 0 Å². The molecule has 29 heavy (non-hydrogen) atoms.